The van der Waals surface area contributed by atoms with Crippen LogP contribution in [0.15, 0.2) is 29.2 Å². The molecule has 0 aliphatic heterocycles. The van der Waals surface area contributed by atoms with Gasteiger partial charge in [-0.3, -0.25) is 4.79 Å². The van der Waals surface area contributed by atoms with E-state index in [1.165, 1.54) is 5.56 Å². The number of aromatic nitrogens is 1. The summed E-state index contributed by atoms with van der Waals surface area (Å²) in [5.41, 5.74) is 1.80. The zero-order valence-electron chi connectivity index (χ0n) is 24.3. The standard InChI is InChI=1S/C31H38N2O6S/c1-8-38-28(35)20-16-33(17-9-10-17)24-19(25(20)34)12-11-18(26(24)37-7)23-15-21-27(40-23)22(13-14-31(21,5)6)32-29(36)39-30(2,3)4/h11-12,15-17,22H,8-10,13-14H2,1-7H3,(H,32,36). The maximum atomic E-state index is 13.4. The third-order valence-electron chi connectivity index (χ3n) is 7.61. The molecule has 9 heteroatoms. The summed E-state index contributed by atoms with van der Waals surface area (Å²) in [6.07, 6.45) is 4.87. The minimum Gasteiger partial charge on any atom is -0.494 e. The van der Waals surface area contributed by atoms with Crippen molar-refractivity contribution in [3.05, 3.63) is 50.6 Å². The highest BCUT2D eigenvalue weighted by molar-refractivity contribution is 7.15. The molecule has 40 heavy (non-hydrogen) atoms. The van der Waals surface area contributed by atoms with Crippen LogP contribution in [0.3, 0.4) is 0 Å². The molecular weight excluding hydrogens is 528 g/mol. The molecule has 2 aliphatic rings. The van der Waals surface area contributed by atoms with Crippen LogP contribution in [0.5, 0.6) is 5.75 Å². The summed E-state index contributed by atoms with van der Waals surface area (Å²) in [6.45, 7) is 11.9. The van der Waals surface area contributed by atoms with E-state index in [1.54, 1.807) is 37.6 Å². The second kappa shape index (κ2) is 10.3. The van der Waals surface area contributed by atoms with Crippen LogP contribution < -0.4 is 15.5 Å². The Hall–Kier alpha value is -3.33. The molecule has 0 radical (unpaired) electrons. The first-order valence-corrected chi connectivity index (χ1v) is 14.7. The van der Waals surface area contributed by atoms with Gasteiger partial charge in [-0.25, -0.2) is 9.59 Å². The maximum Gasteiger partial charge on any atom is 0.408 e. The molecule has 2 aliphatic carbocycles. The average molecular weight is 567 g/mol. The second-order valence-corrected chi connectivity index (χ2v) is 13.4. The first-order valence-electron chi connectivity index (χ1n) is 13.9. The normalized spacial score (nSPS) is 18.2. The number of alkyl carbamates (subject to hydrolysis) is 1. The van der Waals surface area contributed by atoms with Gasteiger partial charge in [-0.05, 0) is 82.6 Å². The number of benzene rings is 1. The number of hydrogen-bond acceptors (Lipinski definition) is 7. The lowest BCUT2D eigenvalue weighted by Crippen LogP contribution is -2.38. The minimum absolute atomic E-state index is 0.0421. The summed E-state index contributed by atoms with van der Waals surface area (Å²) in [4.78, 5) is 40.8. The van der Waals surface area contributed by atoms with Crippen molar-refractivity contribution in [3.8, 4) is 16.2 Å². The number of thiophene rings is 1. The van der Waals surface area contributed by atoms with E-state index in [1.807, 2.05) is 31.4 Å². The predicted octanol–water partition coefficient (Wildman–Crippen LogP) is 6.89. The molecule has 0 bridgehead atoms. The van der Waals surface area contributed by atoms with Crippen molar-refractivity contribution in [1.82, 2.24) is 9.88 Å². The number of carbonyl (C=O) groups excluding carboxylic acids is 2. The van der Waals surface area contributed by atoms with Gasteiger partial charge in [0, 0.05) is 27.6 Å². The van der Waals surface area contributed by atoms with Crippen molar-refractivity contribution in [2.24, 2.45) is 0 Å². The van der Waals surface area contributed by atoms with Gasteiger partial charge in [-0.1, -0.05) is 13.8 Å². The molecule has 2 heterocycles. The monoisotopic (exact) mass is 566 g/mol. The molecule has 5 rings (SSSR count). The number of carbonyl (C=O) groups is 2. The third-order valence-corrected chi connectivity index (χ3v) is 8.89. The largest absolute Gasteiger partial charge is 0.494 e. The van der Waals surface area contributed by atoms with Crippen LogP contribution in [-0.4, -0.2) is 35.9 Å². The fourth-order valence-corrected chi connectivity index (χ4v) is 6.95. The summed E-state index contributed by atoms with van der Waals surface area (Å²) in [7, 11) is 1.61. The van der Waals surface area contributed by atoms with E-state index in [0.29, 0.717) is 16.7 Å². The van der Waals surface area contributed by atoms with Crippen LogP contribution in [0.25, 0.3) is 21.3 Å². The first kappa shape index (κ1) is 28.2. The van der Waals surface area contributed by atoms with Crippen LogP contribution in [-0.2, 0) is 14.9 Å². The number of rotatable bonds is 6. The lowest BCUT2D eigenvalue weighted by molar-refractivity contribution is 0.0493. The Balaban J connectivity index is 1.63. The van der Waals surface area contributed by atoms with Crippen LogP contribution in [0.1, 0.15) is 100 Å². The number of nitrogens with one attached hydrogen (secondary N) is 1. The van der Waals surface area contributed by atoms with Crippen molar-refractivity contribution >= 4 is 34.3 Å². The molecule has 2 aromatic heterocycles. The quantitative estimate of drug-likeness (QED) is 0.327. The maximum absolute atomic E-state index is 13.4. The van der Waals surface area contributed by atoms with E-state index < -0.39 is 17.7 Å². The van der Waals surface area contributed by atoms with Gasteiger partial charge in [0.1, 0.15) is 11.2 Å². The zero-order chi connectivity index (χ0) is 29.0. The van der Waals surface area contributed by atoms with Crippen LogP contribution >= 0.6 is 11.3 Å². The van der Waals surface area contributed by atoms with E-state index >= 15 is 0 Å². The molecule has 1 fully saturated rings. The lowest BCUT2D eigenvalue weighted by atomic mass is 9.74. The molecule has 0 spiro atoms. The molecular formula is C31H38N2O6S. The summed E-state index contributed by atoms with van der Waals surface area (Å²) < 4.78 is 18.7. The average Bonchev–Trinajstić information content (AvgIpc) is 3.61. The first-order chi connectivity index (χ1) is 18.8. The van der Waals surface area contributed by atoms with Gasteiger partial charge in [-0.15, -0.1) is 11.3 Å². The Labute approximate surface area is 238 Å². The highest BCUT2D eigenvalue weighted by Gasteiger charge is 2.37. The van der Waals surface area contributed by atoms with Crippen LogP contribution in [0.2, 0.25) is 0 Å². The van der Waals surface area contributed by atoms with E-state index in [4.69, 9.17) is 14.2 Å². The van der Waals surface area contributed by atoms with Crippen molar-refractivity contribution in [3.63, 3.8) is 0 Å². The molecule has 1 unspecified atom stereocenters. The van der Waals surface area contributed by atoms with E-state index in [0.717, 1.165) is 41.0 Å². The number of amides is 1. The van der Waals surface area contributed by atoms with Gasteiger partial charge >= 0.3 is 12.1 Å². The zero-order valence-corrected chi connectivity index (χ0v) is 25.1. The van der Waals surface area contributed by atoms with E-state index in [9.17, 15) is 14.4 Å². The smallest absolute Gasteiger partial charge is 0.408 e. The Morgan fingerprint density at radius 2 is 1.90 bits per heavy atom. The number of fused-ring (bicyclic) bond motifs is 2. The number of ether oxygens (including phenoxy) is 3. The van der Waals surface area contributed by atoms with Gasteiger partial charge < -0.3 is 24.1 Å². The summed E-state index contributed by atoms with van der Waals surface area (Å²) >= 11 is 1.63. The van der Waals surface area contributed by atoms with E-state index in [-0.39, 0.29) is 35.1 Å². The molecule has 1 saturated carbocycles. The van der Waals surface area contributed by atoms with Gasteiger partial charge in [0.25, 0.3) is 0 Å². The van der Waals surface area contributed by atoms with Crippen molar-refractivity contribution in [2.45, 2.75) is 90.3 Å². The van der Waals surface area contributed by atoms with Gasteiger partial charge in [0.15, 0.2) is 5.75 Å². The van der Waals surface area contributed by atoms with Crippen molar-refractivity contribution in [1.29, 1.82) is 0 Å². The molecule has 1 N–H and O–H groups in total. The highest BCUT2D eigenvalue weighted by atomic mass is 32.1. The van der Waals surface area contributed by atoms with Crippen LogP contribution in [0.4, 0.5) is 4.79 Å². The SMILES string of the molecule is CCOC(=O)c1cn(C2CC2)c2c(OC)c(-c3cc4c(s3)C(NC(=O)OC(C)(C)C)CCC4(C)C)ccc2c1=O. The molecule has 3 aromatic rings. The number of pyridine rings is 1. The number of hydrogen-bond donors (Lipinski definition) is 1. The Bertz CT molecular complexity index is 1540. The van der Waals surface area contributed by atoms with Crippen molar-refractivity contribution in [2.75, 3.05) is 13.7 Å². The number of esters is 1. The Kier molecular flexibility index (Phi) is 7.23. The fraction of sp³-hybridized carbons (Fsp3) is 0.516. The van der Waals surface area contributed by atoms with Gasteiger partial charge in [0.2, 0.25) is 5.43 Å². The summed E-state index contributed by atoms with van der Waals surface area (Å²) in [5, 5.41) is 3.52. The minimum atomic E-state index is -0.608. The predicted molar refractivity (Wildman–Crippen MR) is 157 cm³/mol. The molecule has 0 saturated heterocycles. The second-order valence-electron chi connectivity index (χ2n) is 12.3. The molecule has 214 valence electrons. The molecule has 1 atom stereocenters. The van der Waals surface area contributed by atoms with Crippen LogP contribution in [0, 0.1) is 0 Å². The topological polar surface area (TPSA) is 95.9 Å². The molecule has 1 aromatic carbocycles. The number of methoxy groups -OCH3 is 1. The van der Waals surface area contributed by atoms with Gasteiger partial charge in [0.05, 0.1) is 30.7 Å². The molecule has 1 amide bonds. The third kappa shape index (κ3) is 5.23. The Morgan fingerprint density at radius 1 is 1.18 bits per heavy atom. The number of nitrogens with zero attached hydrogens (tertiary/aromatic N) is 1. The summed E-state index contributed by atoms with van der Waals surface area (Å²) in [5.74, 6) is -0.00602. The van der Waals surface area contributed by atoms with Gasteiger partial charge in [-0.2, -0.15) is 0 Å². The Morgan fingerprint density at radius 3 is 2.52 bits per heavy atom. The summed E-state index contributed by atoms with van der Waals surface area (Å²) in [6, 6.07) is 5.92. The fourth-order valence-electron chi connectivity index (χ4n) is 5.50. The van der Waals surface area contributed by atoms with Crippen molar-refractivity contribution < 1.29 is 23.8 Å². The van der Waals surface area contributed by atoms with E-state index in [2.05, 4.69) is 25.2 Å². The lowest BCUT2D eigenvalue weighted by Gasteiger charge is -2.35. The highest BCUT2D eigenvalue weighted by Crippen LogP contribution is 2.50. The molecule has 8 nitrogen and oxygen atoms in total.